The minimum Gasteiger partial charge on any atom is -0.486 e. The van der Waals surface area contributed by atoms with E-state index in [1.54, 1.807) is 18.1 Å². The van der Waals surface area contributed by atoms with Crippen molar-refractivity contribution >= 4 is 11.8 Å². The number of rotatable bonds is 8. The van der Waals surface area contributed by atoms with E-state index in [1.807, 2.05) is 24.3 Å². The molecule has 8 nitrogen and oxygen atoms in total. The monoisotopic (exact) mass is 472 g/mol. The fourth-order valence-electron chi connectivity index (χ4n) is 5.63. The van der Waals surface area contributed by atoms with Crippen LogP contribution in [-0.4, -0.2) is 78.1 Å². The van der Waals surface area contributed by atoms with E-state index in [2.05, 4.69) is 5.32 Å². The number of amides is 2. The summed E-state index contributed by atoms with van der Waals surface area (Å²) in [6, 6.07) is 6.81. The number of hydrogen-bond acceptors (Lipinski definition) is 6. The van der Waals surface area contributed by atoms with Gasteiger partial charge in [-0.1, -0.05) is 43.9 Å². The summed E-state index contributed by atoms with van der Waals surface area (Å²) in [6.45, 7) is 0.255. The highest BCUT2D eigenvalue weighted by atomic mass is 16.5. The summed E-state index contributed by atoms with van der Waals surface area (Å²) >= 11 is 0. The molecule has 0 saturated heterocycles. The lowest BCUT2D eigenvalue weighted by molar-refractivity contribution is -0.141. The zero-order chi connectivity index (χ0) is 24.1. The number of aliphatic hydroxyl groups is 2. The molecular weight excluding hydrogens is 436 g/mol. The van der Waals surface area contributed by atoms with Crippen LogP contribution in [-0.2, 0) is 14.3 Å². The number of benzene rings is 1. The van der Waals surface area contributed by atoms with E-state index >= 15 is 0 Å². The third-order valence-corrected chi connectivity index (χ3v) is 7.22. The van der Waals surface area contributed by atoms with Gasteiger partial charge in [0.25, 0.3) is 0 Å². The molecule has 1 aliphatic heterocycles. The minimum atomic E-state index is -0.985. The van der Waals surface area contributed by atoms with Crippen molar-refractivity contribution in [2.45, 2.75) is 75.2 Å². The fraction of sp³-hybridized carbons (Fsp3) is 0.615. The topological polar surface area (TPSA) is 108 Å². The number of nitrogens with one attached hydrogen (secondary N) is 1. The molecule has 34 heavy (non-hydrogen) atoms. The van der Waals surface area contributed by atoms with Gasteiger partial charge in [0, 0.05) is 30.8 Å². The third-order valence-electron chi connectivity index (χ3n) is 7.22. The van der Waals surface area contributed by atoms with E-state index in [4.69, 9.17) is 9.47 Å². The Morgan fingerprint density at radius 3 is 2.62 bits per heavy atom. The van der Waals surface area contributed by atoms with E-state index in [0.717, 1.165) is 44.1 Å². The van der Waals surface area contributed by atoms with Crippen LogP contribution in [0.25, 0.3) is 0 Å². The van der Waals surface area contributed by atoms with Crippen molar-refractivity contribution in [3.05, 3.63) is 41.5 Å². The van der Waals surface area contributed by atoms with Crippen molar-refractivity contribution < 1.29 is 29.3 Å². The zero-order valence-corrected chi connectivity index (χ0v) is 19.8. The fourth-order valence-corrected chi connectivity index (χ4v) is 5.63. The van der Waals surface area contributed by atoms with Gasteiger partial charge >= 0.3 is 0 Å². The Bertz CT molecular complexity index is 895. The maximum Gasteiger partial charge on any atom is 0.247 e. The normalized spacial score (nSPS) is 26.5. The minimum absolute atomic E-state index is 0.00941. The van der Waals surface area contributed by atoms with Gasteiger partial charge in [0.05, 0.1) is 31.6 Å². The lowest BCUT2D eigenvalue weighted by Gasteiger charge is -2.44. The second-order valence-corrected chi connectivity index (χ2v) is 9.37. The largest absolute Gasteiger partial charge is 0.486 e. The Morgan fingerprint density at radius 2 is 1.91 bits per heavy atom. The quantitative estimate of drug-likeness (QED) is 0.499. The molecule has 8 heteroatoms. The van der Waals surface area contributed by atoms with Gasteiger partial charge in [0.2, 0.25) is 11.8 Å². The van der Waals surface area contributed by atoms with Crippen molar-refractivity contribution in [2.75, 3.05) is 26.9 Å². The predicted molar refractivity (Wildman–Crippen MR) is 126 cm³/mol. The van der Waals surface area contributed by atoms with Crippen LogP contribution in [0.2, 0.25) is 0 Å². The van der Waals surface area contributed by atoms with Crippen LogP contribution < -0.4 is 10.1 Å². The Labute approximate surface area is 200 Å². The number of ether oxygens (including phenoxy) is 2. The number of carbonyl (C=O) groups is 2. The maximum atomic E-state index is 13.4. The van der Waals surface area contributed by atoms with Gasteiger partial charge in [-0.25, -0.2) is 0 Å². The van der Waals surface area contributed by atoms with Gasteiger partial charge in [-0.2, -0.15) is 0 Å². The molecule has 2 aliphatic carbocycles. The molecular formula is C26H36N2O6. The van der Waals surface area contributed by atoms with Crippen LogP contribution in [0.15, 0.2) is 35.9 Å². The molecule has 186 valence electrons. The number of methoxy groups -OCH3 is 1. The van der Waals surface area contributed by atoms with Crippen LogP contribution in [0.5, 0.6) is 5.75 Å². The first kappa shape index (κ1) is 24.7. The Balaban J connectivity index is 1.74. The first-order valence-electron chi connectivity index (χ1n) is 12.4. The molecule has 0 bridgehead atoms. The Morgan fingerprint density at radius 1 is 1.18 bits per heavy atom. The van der Waals surface area contributed by atoms with Gasteiger partial charge < -0.3 is 29.9 Å². The van der Waals surface area contributed by atoms with Crippen molar-refractivity contribution in [3.63, 3.8) is 0 Å². The van der Waals surface area contributed by atoms with E-state index in [9.17, 15) is 19.8 Å². The Hall–Kier alpha value is -2.42. The number of carbonyl (C=O) groups excluding carboxylic acids is 2. The lowest BCUT2D eigenvalue weighted by Crippen LogP contribution is -2.58. The maximum absolute atomic E-state index is 13.4. The number of fused-ring (bicyclic) bond motifs is 3. The summed E-state index contributed by atoms with van der Waals surface area (Å²) in [6.07, 6.45) is 6.40. The van der Waals surface area contributed by atoms with Crippen LogP contribution in [0.1, 0.15) is 56.4 Å². The average molecular weight is 473 g/mol. The van der Waals surface area contributed by atoms with Gasteiger partial charge in [-0.15, -0.1) is 0 Å². The van der Waals surface area contributed by atoms with Crippen molar-refractivity contribution in [3.8, 4) is 5.75 Å². The summed E-state index contributed by atoms with van der Waals surface area (Å²) in [5.74, 6) is -0.194. The van der Waals surface area contributed by atoms with Crippen molar-refractivity contribution in [1.29, 1.82) is 0 Å². The summed E-state index contributed by atoms with van der Waals surface area (Å²) in [5.41, 5.74) is 1.32. The first-order valence-corrected chi connectivity index (χ1v) is 12.4. The smallest absolute Gasteiger partial charge is 0.247 e. The molecule has 1 fully saturated rings. The van der Waals surface area contributed by atoms with E-state index in [1.165, 1.54) is 0 Å². The van der Waals surface area contributed by atoms with Gasteiger partial charge in [0.1, 0.15) is 18.0 Å². The highest BCUT2D eigenvalue weighted by Gasteiger charge is 2.51. The second-order valence-electron chi connectivity index (χ2n) is 9.37. The summed E-state index contributed by atoms with van der Waals surface area (Å²) in [7, 11) is 1.57. The van der Waals surface area contributed by atoms with E-state index in [0.29, 0.717) is 17.9 Å². The SMILES string of the molecule is COCCC(=O)N(C1CCCCCC1)[C@@H]1C=C(C(=O)NCCO)[C@@H]2c3ccccc3O[C@@H]2[C@H]1O. The molecule has 3 aliphatic rings. The molecule has 0 radical (unpaired) electrons. The molecule has 0 unspecified atom stereocenters. The standard InChI is InChI=1S/C26H36N2O6/c1-33-15-12-22(30)28(17-8-4-2-3-5-9-17)20-16-19(26(32)27-13-14-29)23-18-10-6-7-11-21(18)34-25(23)24(20)31/h6-7,10-11,16-17,20,23-25,29,31H,2-5,8-9,12-15H2,1H3,(H,27,32)/t20-,23+,24+,25+/m1/s1. The lowest BCUT2D eigenvalue weighted by atomic mass is 9.77. The highest BCUT2D eigenvalue weighted by molar-refractivity contribution is 5.96. The van der Waals surface area contributed by atoms with Crippen LogP contribution in [0.4, 0.5) is 0 Å². The van der Waals surface area contributed by atoms with E-state index < -0.39 is 24.2 Å². The average Bonchev–Trinajstić information content (AvgIpc) is 3.04. The van der Waals surface area contributed by atoms with Gasteiger partial charge in [-0.05, 0) is 25.0 Å². The van der Waals surface area contributed by atoms with Gasteiger partial charge in [-0.3, -0.25) is 9.59 Å². The van der Waals surface area contributed by atoms with Gasteiger partial charge in [0.15, 0.2) is 0 Å². The third kappa shape index (κ3) is 4.99. The van der Waals surface area contributed by atoms with Crippen molar-refractivity contribution in [1.82, 2.24) is 10.2 Å². The summed E-state index contributed by atoms with van der Waals surface area (Å²) in [5, 5.41) is 23.6. The second kappa shape index (κ2) is 11.3. The van der Waals surface area contributed by atoms with E-state index in [-0.39, 0.29) is 37.4 Å². The molecule has 1 heterocycles. The molecule has 0 spiro atoms. The number of hydrogen-bond donors (Lipinski definition) is 3. The van der Waals surface area contributed by atoms with Crippen LogP contribution in [0, 0.1) is 0 Å². The molecule has 1 aromatic rings. The molecule has 2 amide bonds. The molecule has 1 saturated carbocycles. The molecule has 4 rings (SSSR count). The predicted octanol–water partition coefficient (Wildman–Crippen LogP) is 1.90. The number of nitrogens with zero attached hydrogens (tertiary/aromatic N) is 1. The number of para-hydroxylation sites is 1. The zero-order valence-electron chi connectivity index (χ0n) is 19.8. The summed E-state index contributed by atoms with van der Waals surface area (Å²) in [4.78, 5) is 28.5. The van der Waals surface area contributed by atoms with Crippen LogP contribution >= 0.6 is 0 Å². The first-order chi connectivity index (χ1) is 16.6. The molecule has 0 aromatic heterocycles. The molecule has 1 aromatic carbocycles. The van der Waals surface area contributed by atoms with Crippen molar-refractivity contribution in [2.24, 2.45) is 0 Å². The molecule has 4 atom stereocenters. The Kier molecular flexibility index (Phi) is 8.24. The summed E-state index contributed by atoms with van der Waals surface area (Å²) < 4.78 is 11.3. The highest BCUT2D eigenvalue weighted by Crippen LogP contribution is 2.47. The number of aliphatic hydroxyl groups excluding tert-OH is 2. The molecule has 3 N–H and O–H groups in total. The van der Waals surface area contributed by atoms with Crippen LogP contribution in [0.3, 0.4) is 0 Å².